The Hall–Kier alpha value is -4.85. The van der Waals surface area contributed by atoms with Crippen LogP contribution in [0.3, 0.4) is 0 Å². The highest BCUT2D eigenvalue weighted by molar-refractivity contribution is 8.00. The first kappa shape index (κ1) is 26.7. The third-order valence-electron chi connectivity index (χ3n) is 6.68. The van der Waals surface area contributed by atoms with Crippen molar-refractivity contribution in [2.45, 2.75) is 18.0 Å². The molecular weight excluding hydrogens is 522 g/mol. The molecule has 1 aliphatic heterocycles. The van der Waals surface area contributed by atoms with E-state index in [1.165, 1.54) is 0 Å². The number of hydrogen-bond acceptors (Lipinski definition) is 7. The van der Waals surface area contributed by atoms with Crippen LogP contribution in [-0.2, 0) is 22.7 Å². The van der Waals surface area contributed by atoms with Crippen LogP contribution in [-0.4, -0.2) is 40.0 Å². The van der Waals surface area contributed by atoms with Crippen molar-refractivity contribution in [1.82, 2.24) is 14.9 Å². The van der Waals surface area contributed by atoms with Gasteiger partial charge in [0, 0.05) is 47.7 Å². The molecule has 1 aromatic heterocycles. The minimum atomic E-state index is 0.0629. The maximum absolute atomic E-state index is 13.8. The topological polar surface area (TPSA) is 98.4 Å². The van der Waals surface area contributed by atoms with Crippen LogP contribution in [0, 0.1) is 0 Å². The van der Waals surface area contributed by atoms with E-state index in [9.17, 15) is 4.79 Å². The van der Waals surface area contributed by atoms with Crippen LogP contribution in [0.4, 0.5) is 11.4 Å². The summed E-state index contributed by atoms with van der Waals surface area (Å²) in [4.78, 5) is 42.9. The second kappa shape index (κ2) is 12.8. The van der Waals surface area contributed by atoms with Crippen molar-refractivity contribution >= 4 is 46.2 Å². The largest absolute Gasteiger partial charge is 0.373 e. The fourth-order valence-electron chi connectivity index (χ4n) is 4.80. The van der Waals surface area contributed by atoms with Crippen LogP contribution in [0.5, 0.6) is 0 Å². The van der Waals surface area contributed by atoms with Gasteiger partial charge in [0.1, 0.15) is 0 Å². The first-order valence-electron chi connectivity index (χ1n) is 12.8. The Morgan fingerprint density at radius 3 is 2.52 bits per heavy atom. The molecule has 1 aliphatic rings. The first-order chi connectivity index (χ1) is 19.7. The molecule has 8 nitrogen and oxygen atoms in total. The van der Waals surface area contributed by atoms with Crippen molar-refractivity contribution in [2.75, 3.05) is 22.7 Å². The van der Waals surface area contributed by atoms with Gasteiger partial charge in [0.2, 0.25) is 0 Å². The summed E-state index contributed by atoms with van der Waals surface area (Å²) < 4.78 is 3.48. The van der Waals surface area contributed by atoms with Gasteiger partial charge in [-0.15, -0.1) is 0 Å². The van der Waals surface area contributed by atoms with Gasteiger partial charge in [-0.2, -0.15) is 9.59 Å². The van der Waals surface area contributed by atoms with Crippen LogP contribution in [0.25, 0.3) is 10.8 Å². The SMILES string of the molecule is O=C(c1cccc2ccccc12)N1CCN(Cc2cnc[nH]2)c2cc(NSc3ccccc3)ccc2C1.O=C=O. The van der Waals surface area contributed by atoms with Crippen LogP contribution >= 0.6 is 11.9 Å². The minimum absolute atomic E-state index is 0.0629. The fourth-order valence-corrected chi connectivity index (χ4v) is 5.46. The van der Waals surface area contributed by atoms with Gasteiger partial charge in [0.15, 0.2) is 0 Å². The van der Waals surface area contributed by atoms with Gasteiger partial charge < -0.3 is 19.5 Å². The van der Waals surface area contributed by atoms with E-state index in [1.54, 1.807) is 18.3 Å². The molecule has 0 fully saturated rings. The summed E-state index contributed by atoms with van der Waals surface area (Å²) in [5.41, 5.74) is 5.06. The molecule has 2 heterocycles. The maximum atomic E-state index is 13.8. The highest BCUT2D eigenvalue weighted by Gasteiger charge is 2.25. The van der Waals surface area contributed by atoms with Gasteiger partial charge in [0.25, 0.3) is 5.91 Å². The second-order valence-corrected chi connectivity index (χ2v) is 10.1. The number of aromatic amines is 1. The highest BCUT2D eigenvalue weighted by atomic mass is 32.2. The van der Waals surface area contributed by atoms with E-state index in [-0.39, 0.29) is 12.1 Å². The highest BCUT2D eigenvalue weighted by Crippen LogP contribution is 2.32. The number of carbonyl (C=O) groups excluding carboxylic acids is 3. The summed E-state index contributed by atoms with van der Waals surface area (Å²) in [6.45, 7) is 2.60. The smallest absolute Gasteiger partial charge is 0.364 e. The lowest BCUT2D eigenvalue weighted by atomic mass is 10.0. The Morgan fingerprint density at radius 1 is 0.950 bits per heavy atom. The molecule has 6 rings (SSSR count). The van der Waals surface area contributed by atoms with E-state index in [0.29, 0.717) is 19.6 Å². The number of nitrogens with zero attached hydrogens (tertiary/aromatic N) is 3. The third kappa shape index (κ3) is 6.23. The molecule has 5 aromatic rings. The normalized spacial score (nSPS) is 12.5. The maximum Gasteiger partial charge on any atom is 0.373 e. The van der Waals surface area contributed by atoms with Crippen LogP contribution in [0.15, 0.2) is 108 Å². The van der Waals surface area contributed by atoms with Crippen LogP contribution in [0.1, 0.15) is 21.6 Å². The lowest BCUT2D eigenvalue weighted by molar-refractivity contribution is -0.191. The van der Waals surface area contributed by atoms with E-state index in [1.807, 2.05) is 59.6 Å². The van der Waals surface area contributed by atoms with E-state index in [2.05, 4.69) is 62.1 Å². The zero-order chi connectivity index (χ0) is 27.7. The molecule has 0 unspecified atom stereocenters. The number of hydrogen-bond donors (Lipinski definition) is 2. The van der Waals surface area contributed by atoms with E-state index in [4.69, 9.17) is 9.59 Å². The number of carbonyl (C=O) groups is 1. The van der Waals surface area contributed by atoms with Crippen molar-refractivity contribution < 1.29 is 14.4 Å². The Kier molecular flexibility index (Phi) is 8.56. The van der Waals surface area contributed by atoms with Crippen molar-refractivity contribution in [3.8, 4) is 0 Å². The number of H-pyrrole nitrogens is 1. The van der Waals surface area contributed by atoms with Gasteiger partial charge >= 0.3 is 6.15 Å². The Morgan fingerprint density at radius 2 is 1.73 bits per heavy atom. The summed E-state index contributed by atoms with van der Waals surface area (Å²) in [5, 5.41) is 2.07. The van der Waals surface area contributed by atoms with Gasteiger partial charge in [0.05, 0.1) is 18.6 Å². The Labute approximate surface area is 236 Å². The number of nitrogens with one attached hydrogen (secondary N) is 2. The van der Waals surface area contributed by atoms with E-state index < -0.39 is 0 Å². The average Bonchev–Trinajstić information content (AvgIpc) is 3.44. The molecule has 0 saturated heterocycles. The molecule has 0 atom stereocenters. The number of aromatic nitrogens is 2. The lowest BCUT2D eigenvalue weighted by Gasteiger charge is -2.25. The molecule has 0 saturated carbocycles. The summed E-state index contributed by atoms with van der Waals surface area (Å²) in [5.74, 6) is 0.0629. The van der Waals surface area contributed by atoms with E-state index >= 15 is 0 Å². The molecule has 4 aromatic carbocycles. The Balaban J connectivity index is 0.00000103. The van der Waals surface area contributed by atoms with Crippen molar-refractivity contribution in [3.05, 3.63) is 120 Å². The first-order valence-corrected chi connectivity index (χ1v) is 13.6. The predicted molar refractivity (Wildman–Crippen MR) is 156 cm³/mol. The number of fused-ring (bicyclic) bond motifs is 2. The Bertz CT molecular complexity index is 1610. The van der Waals surface area contributed by atoms with Gasteiger partial charge in [-0.1, -0.05) is 60.7 Å². The van der Waals surface area contributed by atoms with Crippen LogP contribution in [0.2, 0.25) is 0 Å². The molecule has 0 bridgehead atoms. The zero-order valence-corrected chi connectivity index (χ0v) is 22.4. The van der Waals surface area contributed by atoms with E-state index in [0.717, 1.165) is 50.4 Å². The average molecular weight is 550 g/mol. The number of anilines is 2. The van der Waals surface area contributed by atoms with Gasteiger partial charge in [-0.3, -0.25) is 4.79 Å². The predicted octanol–water partition coefficient (Wildman–Crippen LogP) is 5.76. The molecular formula is C31H27N5O3S. The molecule has 0 aliphatic carbocycles. The summed E-state index contributed by atoms with van der Waals surface area (Å²) >= 11 is 1.59. The standard InChI is InChI=1S/C30H27N5OS.CO2/c36-30(28-12-6-8-22-7-4-5-11-27(22)28)35-16-15-34(20-25-18-31-21-32-25)29-17-24(14-13-23(29)19-35)33-37-26-9-2-1-3-10-26;2-1-3/h1-14,17-18,21,33H,15-16,19-20H2,(H,31,32);. The summed E-state index contributed by atoms with van der Waals surface area (Å²) in [7, 11) is 0. The number of rotatable bonds is 6. The lowest BCUT2D eigenvalue weighted by Crippen LogP contribution is -2.35. The summed E-state index contributed by atoms with van der Waals surface area (Å²) in [6, 6.07) is 30.7. The second-order valence-electron chi connectivity index (χ2n) is 9.20. The quantitative estimate of drug-likeness (QED) is 0.260. The molecule has 0 radical (unpaired) electrons. The van der Waals surface area contributed by atoms with Crippen LogP contribution < -0.4 is 9.62 Å². The molecule has 2 N–H and O–H groups in total. The third-order valence-corrected chi connectivity index (χ3v) is 7.53. The summed E-state index contributed by atoms with van der Waals surface area (Å²) in [6.07, 6.45) is 3.82. The van der Waals surface area contributed by atoms with Gasteiger partial charge in [-0.05, 0) is 58.6 Å². The monoisotopic (exact) mass is 549 g/mol. The van der Waals surface area contributed by atoms with Crippen molar-refractivity contribution in [3.63, 3.8) is 0 Å². The molecule has 200 valence electrons. The molecule has 40 heavy (non-hydrogen) atoms. The van der Waals surface area contributed by atoms with Crippen molar-refractivity contribution in [1.29, 1.82) is 0 Å². The number of amides is 1. The molecule has 0 spiro atoms. The van der Waals surface area contributed by atoms with Gasteiger partial charge in [-0.25, -0.2) is 4.98 Å². The minimum Gasteiger partial charge on any atom is -0.364 e. The zero-order valence-electron chi connectivity index (χ0n) is 21.6. The number of imidazole rings is 1. The van der Waals surface area contributed by atoms with Crippen molar-refractivity contribution in [2.24, 2.45) is 0 Å². The number of benzene rings is 4. The fraction of sp³-hybridized carbons (Fsp3) is 0.129. The molecule has 1 amide bonds. The molecule has 9 heteroatoms.